The SMILES string of the molecule is C=CCc1cccc(C2=C3C(=C(c4c(C(C)C)c(CC=C)c(C)c(CCCCC)c4C(C)C)C2(C)C)c2cccc4cccc3c24)c1C(C)C. The Morgan fingerprint density at radius 3 is 1.74 bits per heavy atom. The van der Waals surface area contributed by atoms with Crippen molar-refractivity contribution in [2.75, 3.05) is 0 Å². The Kier molecular flexibility index (Phi) is 10.1. The van der Waals surface area contributed by atoms with Gasteiger partial charge in [-0.05, 0) is 145 Å². The Morgan fingerprint density at radius 1 is 0.640 bits per heavy atom. The third kappa shape index (κ3) is 5.59. The molecule has 0 aliphatic heterocycles. The number of hydrogen-bond acceptors (Lipinski definition) is 0. The van der Waals surface area contributed by atoms with Gasteiger partial charge in [-0.15, -0.1) is 13.2 Å². The summed E-state index contributed by atoms with van der Waals surface area (Å²) in [7, 11) is 0. The smallest absolute Gasteiger partial charge is 0.0171 e. The van der Waals surface area contributed by atoms with Crippen LogP contribution in [0.2, 0.25) is 0 Å². The lowest BCUT2D eigenvalue weighted by Crippen LogP contribution is -2.21. The molecule has 0 spiro atoms. The molecule has 4 aromatic rings. The molecule has 6 rings (SSSR count). The van der Waals surface area contributed by atoms with Gasteiger partial charge in [-0.3, -0.25) is 0 Å². The Labute approximate surface area is 304 Å². The average molecular weight is 661 g/mol. The minimum atomic E-state index is -0.245. The minimum absolute atomic E-state index is 0.245. The summed E-state index contributed by atoms with van der Waals surface area (Å²) in [6.45, 7) is 32.8. The molecule has 50 heavy (non-hydrogen) atoms. The van der Waals surface area contributed by atoms with Gasteiger partial charge in [0.1, 0.15) is 0 Å². The van der Waals surface area contributed by atoms with Gasteiger partial charge in [-0.2, -0.15) is 0 Å². The summed E-state index contributed by atoms with van der Waals surface area (Å²) in [5.41, 5.74) is 22.0. The van der Waals surface area contributed by atoms with Gasteiger partial charge in [0.05, 0.1) is 0 Å². The molecular formula is C50H60. The summed E-state index contributed by atoms with van der Waals surface area (Å²) in [6.07, 6.45) is 10.9. The monoisotopic (exact) mass is 660 g/mol. The first-order valence-corrected chi connectivity index (χ1v) is 19.5. The predicted molar refractivity (Wildman–Crippen MR) is 222 cm³/mol. The highest BCUT2D eigenvalue weighted by Crippen LogP contribution is 2.67. The van der Waals surface area contributed by atoms with Crippen molar-refractivity contribution in [2.24, 2.45) is 5.41 Å². The summed E-state index contributed by atoms with van der Waals surface area (Å²) in [6, 6.07) is 21.0. The van der Waals surface area contributed by atoms with E-state index in [4.69, 9.17) is 0 Å². The number of rotatable bonds is 13. The minimum Gasteiger partial charge on any atom is -0.103 e. The van der Waals surface area contributed by atoms with Crippen molar-refractivity contribution in [3.05, 3.63) is 141 Å². The fraction of sp³-hybridized carbons (Fsp3) is 0.400. The molecule has 0 aromatic heterocycles. The van der Waals surface area contributed by atoms with Crippen LogP contribution in [-0.4, -0.2) is 0 Å². The van der Waals surface area contributed by atoms with Gasteiger partial charge in [0.25, 0.3) is 0 Å². The highest BCUT2D eigenvalue weighted by molar-refractivity contribution is 6.37. The number of benzene rings is 4. The summed E-state index contributed by atoms with van der Waals surface area (Å²) >= 11 is 0. The molecule has 2 aliphatic carbocycles. The van der Waals surface area contributed by atoms with Crippen molar-refractivity contribution < 1.29 is 0 Å². The van der Waals surface area contributed by atoms with Crippen LogP contribution in [0, 0.1) is 12.3 Å². The average Bonchev–Trinajstić information content (AvgIpc) is 3.50. The lowest BCUT2D eigenvalue weighted by Gasteiger charge is -2.36. The van der Waals surface area contributed by atoms with E-state index in [0.29, 0.717) is 17.8 Å². The van der Waals surface area contributed by atoms with E-state index in [9.17, 15) is 0 Å². The lowest BCUT2D eigenvalue weighted by molar-refractivity contribution is 0.667. The fourth-order valence-electron chi connectivity index (χ4n) is 9.91. The first-order chi connectivity index (χ1) is 23.9. The van der Waals surface area contributed by atoms with Crippen LogP contribution in [0.1, 0.15) is 161 Å². The normalized spacial score (nSPS) is 15.0. The second-order valence-electron chi connectivity index (χ2n) is 16.4. The van der Waals surface area contributed by atoms with Gasteiger partial charge < -0.3 is 0 Å². The van der Waals surface area contributed by atoms with Crippen molar-refractivity contribution in [2.45, 2.75) is 126 Å². The Bertz CT molecular complexity index is 2040. The highest BCUT2D eigenvalue weighted by Gasteiger charge is 2.48. The van der Waals surface area contributed by atoms with Crippen LogP contribution < -0.4 is 0 Å². The molecule has 0 nitrogen and oxygen atoms in total. The maximum Gasteiger partial charge on any atom is 0.0171 e. The second-order valence-corrected chi connectivity index (χ2v) is 16.4. The second kappa shape index (κ2) is 14.0. The fourth-order valence-corrected chi connectivity index (χ4v) is 9.91. The molecule has 0 heteroatoms. The van der Waals surface area contributed by atoms with Crippen LogP contribution in [-0.2, 0) is 19.3 Å². The van der Waals surface area contributed by atoms with Crippen molar-refractivity contribution in [1.29, 1.82) is 0 Å². The van der Waals surface area contributed by atoms with E-state index < -0.39 is 0 Å². The van der Waals surface area contributed by atoms with Crippen LogP contribution in [0.25, 0.3) is 33.1 Å². The van der Waals surface area contributed by atoms with Crippen LogP contribution in [0.15, 0.2) is 79.9 Å². The first kappa shape index (κ1) is 35.9. The molecular weight excluding hydrogens is 601 g/mol. The standard InChI is InChI=1S/C50H60/c1-13-16-17-26-37-33(10)36(22-15-3)42(31(6)7)47(43(37)32(8)9)49-46-39-28-19-25-35-24-18-27-38(44(35)39)45(46)48(50(49,11)12)40-29-20-23-34(21-14-2)41(40)30(4)5/h14-15,18-20,23-25,27-32H,2-3,13,16-17,21-22,26H2,1,4-12H3. The third-order valence-electron chi connectivity index (χ3n) is 11.7. The summed E-state index contributed by atoms with van der Waals surface area (Å²) < 4.78 is 0. The number of allylic oxidation sites excluding steroid dienone is 6. The van der Waals surface area contributed by atoms with Gasteiger partial charge in [-0.1, -0.05) is 142 Å². The molecule has 0 saturated heterocycles. The molecule has 260 valence electrons. The largest absolute Gasteiger partial charge is 0.103 e. The zero-order valence-corrected chi connectivity index (χ0v) is 32.7. The molecule has 0 unspecified atom stereocenters. The number of hydrogen-bond donors (Lipinski definition) is 0. The van der Waals surface area contributed by atoms with Gasteiger partial charge >= 0.3 is 0 Å². The molecule has 4 aromatic carbocycles. The number of unbranched alkanes of at least 4 members (excludes halogenated alkanes) is 2. The summed E-state index contributed by atoms with van der Waals surface area (Å²) in [5, 5.41) is 2.75. The van der Waals surface area contributed by atoms with Crippen LogP contribution in [0.4, 0.5) is 0 Å². The highest BCUT2D eigenvalue weighted by atomic mass is 14.5. The topological polar surface area (TPSA) is 0 Å². The molecule has 2 aliphatic rings. The van der Waals surface area contributed by atoms with Gasteiger partial charge in [-0.25, -0.2) is 0 Å². The maximum atomic E-state index is 4.30. The Hall–Kier alpha value is -3.90. The maximum absolute atomic E-state index is 4.30. The van der Waals surface area contributed by atoms with Gasteiger partial charge in [0.2, 0.25) is 0 Å². The molecule has 0 bridgehead atoms. The first-order valence-electron chi connectivity index (χ1n) is 19.5. The van der Waals surface area contributed by atoms with Crippen LogP contribution >= 0.6 is 0 Å². The van der Waals surface area contributed by atoms with Crippen molar-refractivity contribution in [3.63, 3.8) is 0 Å². The summed E-state index contributed by atoms with van der Waals surface area (Å²) in [5.74, 6) is 1.16. The van der Waals surface area contributed by atoms with E-state index in [1.165, 1.54) is 102 Å². The third-order valence-corrected chi connectivity index (χ3v) is 11.7. The molecule has 0 heterocycles. The lowest BCUT2D eigenvalue weighted by atomic mass is 9.67. The van der Waals surface area contributed by atoms with Crippen LogP contribution in [0.3, 0.4) is 0 Å². The molecule has 0 N–H and O–H groups in total. The quantitative estimate of drug-likeness (QED) is 0.0989. The van der Waals surface area contributed by atoms with E-state index in [2.05, 4.69) is 149 Å². The molecule has 0 saturated carbocycles. The van der Waals surface area contributed by atoms with Crippen LogP contribution in [0.5, 0.6) is 0 Å². The zero-order chi connectivity index (χ0) is 36.1. The Balaban J connectivity index is 1.84. The van der Waals surface area contributed by atoms with Crippen molar-refractivity contribution >= 4 is 33.1 Å². The summed E-state index contributed by atoms with van der Waals surface area (Å²) in [4.78, 5) is 0. The number of fused-ring (bicyclic) bond motifs is 3. The molecule has 0 amide bonds. The van der Waals surface area contributed by atoms with Gasteiger partial charge in [0, 0.05) is 5.41 Å². The van der Waals surface area contributed by atoms with E-state index in [1.807, 2.05) is 0 Å². The predicted octanol–water partition coefficient (Wildman–Crippen LogP) is 14.6. The van der Waals surface area contributed by atoms with E-state index >= 15 is 0 Å². The molecule has 0 atom stereocenters. The van der Waals surface area contributed by atoms with Crippen molar-refractivity contribution in [3.8, 4) is 0 Å². The Morgan fingerprint density at radius 2 is 1.18 bits per heavy atom. The molecule has 0 fully saturated rings. The van der Waals surface area contributed by atoms with E-state index in [0.717, 1.165) is 19.3 Å². The molecule has 0 radical (unpaired) electrons. The van der Waals surface area contributed by atoms with E-state index in [-0.39, 0.29) is 5.41 Å². The zero-order valence-electron chi connectivity index (χ0n) is 32.7. The van der Waals surface area contributed by atoms with Gasteiger partial charge in [0.15, 0.2) is 0 Å². The van der Waals surface area contributed by atoms with E-state index in [1.54, 1.807) is 11.1 Å². The van der Waals surface area contributed by atoms with Crippen molar-refractivity contribution in [1.82, 2.24) is 0 Å².